The molecule has 0 aliphatic carbocycles. The predicted octanol–water partition coefficient (Wildman–Crippen LogP) is 0.746. The summed E-state index contributed by atoms with van der Waals surface area (Å²) in [6, 6.07) is 0.144. The zero-order chi connectivity index (χ0) is 13.1. The van der Waals surface area contributed by atoms with Gasteiger partial charge in [-0.3, -0.25) is 9.69 Å². The minimum absolute atomic E-state index is 0. The Balaban J connectivity index is 0.00000180. The van der Waals surface area contributed by atoms with E-state index in [1.54, 1.807) is 0 Å². The number of morpholine rings is 1. The van der Waals surface area contributed by atoms with Crippen molar-refractivity contribution in [2.45, 2.75) is 32.4 Å². The number of carbonyl (C=O) groups is 1. The zero-order valence-corrected chi connectivity index (χ0v) is 13.9. The van der Waals surface area contributed by atoms with Crippen molar-refractivity contribution >= 4 is 30.7 Å². The van der Waals surface area contributed by atoms with Gasteiger partial charge in [0.25, 0.3) is 0 Å². The number of likely N-dealkylation sites (tertiary alicyclic amines) is 1. The van der Waals surface area contributed by atoms with Crippen LogP contribution in [0.2, 0.25) is 0 Å². The number of amides is 1. The number of hydrogen-bond donors (Lipinski definition) is 1. The van der Waals surface area contributed by atoms with Crippen molar-refractivity contribution in [2.24, 2.45) is 11.7 Å². The fraction of sp³-hybridized carbons (Fsp3) is 0.923. The standard InChI is InChI=1S/C13H25N3O2.2ClH/c1-10(2)12(14)13(17)16-4-3-11(9-16)15-5-7-18-8-6-15;;/h10-12H,3-9,14H2,1-2H3;2*1H/t11?,12-;;/m0../s1. The lowest BCUT2D eigenvalue weighted by atomic mass is 10.0. The van der Waals surface area contributed by atoms with Gasteiger partial charge in [-0.25, -0.2) is 0 Å². The Morgan fingerprint density at radius 1 is 1.20 bits per heavy atom. The molecule has 7 heteroatoms. The van der Waals surface area contributed by atoms with E-state index in [1.807, 2.05) is 18.7 Å². The van der Waals surface area contributed by atoms with Crippen molar-refractivity contribution in [3.05, 3.63) is 0 Å². The second-order valence-corrected chi connectivity index (χ2v) is 5.64. The molecule has 1 amide bonds. The molecule has 0 aromatic heterocycles. The largest absolute Gasteiger partial charge is 0.379 e. The highest BCUT2D eigenvalue weighted by atomic mass is 35.5. The van der Waals surface area contributed by atoms with E-state index in [1.165, 1.54) is 0 Å². The van der Waals surface area contributed by atoms with Crippen molar-refractivity contribution in [3.63, 3.8) is 0 Å². The summed E-state index contributed by atoms with van der Waals surface area (Å²) in [4.78, 5) is 16.6. The molecule has 0 aromatic carbocycles. The topological polar surface area (TPSA) is 58.8 Å². The molecular formula is C13H27Cl2N3O2. The lowest BCUT2D eigenvalue weighted by Gasteiger charge is -2.32. The Labute approximate surface area is 134 Å². The van der Waals surface area contributed by atoms with Crippen LogP contribution >= 0.6 is 24.8 Å². The van der Waals surface area contributed by atoms with Gasteiger partial charge in [0, 0.05) is 32.2 Å². The maximum Gasteiger partial charge on any atom is 0.239 e. The first-order valence-corrected chi connectivity index (χ1v) is 6.95. The van der Waals surface area contributed by atoms with Crippen molar-refractivity contribution < 1.29 is 9.53 Å². The Kier molecular flexibility index (Phi) is 9.02. The van der Waals surface area contributed by atoms with Gasteiger partial charge in [-0.1, -0.05) is 13.8 Å². The third-order valence-corrected chi connectivity index (χ3v) is 4.04. The Morgan fingerprint density at radius 3 is 2.35 bits per heavy atom. The van der Waals surface area contributed by atoms with E-state index in [0.29, 0.717) is 6.04 Å². The van der Waals surface area contributed by atoms with Crippen LogP contribution in [0.15, 0.2) is 0 Å². The van der Waals surface area contributed by atoms with Gasteiger partial charge in [0.05, 0.1) is 19.3 Å². The van der Waals surface area contributed by atoms with Crippen molar-refractivity contribution in [2.75, 3.05) is 39.4 Å². The van der Waals surface area contributed by atoms with Gasteiger partial charge in [-0.05, 0) is 12.3 Å². The molecule has 0 bridgehead atoms. The predicted molar refractivity (Wildman–Crippen MR) is 84.7 cm³/mol. The highest BCUT2D eigenvalue weighted by Gasteiger charge is 2.33. The van der Waals surface area contributed by atoms with E-state index in [-0.39, 0.29) is 42.7 Å². The molecule has 2 fully saturated rings. The number of rotatable bonds is 3. The summed E-state index contributed by atoms with van der Waals surface area (Å²) >= 11 is 0. The summed E-state index contributed by atoms with van der Waals surface area (Å²) in [6.45, 7) is 9.29. The number of halogens is 2. The summed E-state index contributed by atoms with van der Waals surface area (Å²) in [6.07, 6.45) is 1.07. The molecule has 0 radical (unpaired) electrons. The molecule has 2 aliphatic rings. The van der Waals surface area contributed by atoms with Crippen LogP contribution in [0.3, 0.4) is 0 Å². The van der Waals surface area contributed by atoms with E-state index >= 15 is 0 Å². The summed E-state index contributed by atoms with van der Waals surface area (Å²) in [5.41, 5.74) is 5.94. The normalized spacial score (nSPS) is 25.0. The van der Waals surface area contributed by atoms with Gasteiger partial charge in [-0.15, -0.1) is 24.8 Å². The fourth-order valence-electron chi connectivity index (χ4n) is 2.68. The SMILES string of the molecule is CC(C)[C@H](N)C(=O)N1CCC(N2CCOCC2)C1.Cl.Cl. The summed E-state index contributed by atoms with van der Waals surface area (Å²) in [5.74, 6) is 0.320. The maximum absolute atomic E-state index is 12.2. The number of carbonyl (C=O) groups excluding carboxylic acids is 1. The molecule has 2 atom stereocenters. The first-order valence-electron chi connectivity index (χ1n) is 6.95. The molecule has 2 aliphatic heterocycles. The molecule has 0 aromatic rings. The summed E-state index contributed by atoms with van der Waals surface area (Å²) in [7, 11) is 0. The van der Waals surface area contributed by atoms with E-state index < -0.39 is 0 Å². The average molecular weight is 328 g/mol. The van der Waals surface area contributed by atoms with Gasteiger partial charge < -0.3 is 15.4 Å². The molecule has 0 saturated carbocycles. The number of ether oxygens (including phenoxy) is 1. The zero-order valence-electron chi connectivity index (χ0n) is 12.3. The molecule has 120 valence electrons. The van der Waals surface area contributed by atoms with Crippen molar-refractivity contribution in [1.29, 1.82) is 0 Å². The van der Waals surface area contributed by atoms with Crippen LogP contribution in [0, 0.1) is 5.92 Å². The van der Waals surface area contributed by atoms with Crippen LogP contribution < -0.4 is 5.73 Å². The number of nitrogens with zero attached hydrogens (tertiary/aromatic N) is 2. The third kappa shape index (κ3) is 4.74. The Hall–Kier alpha value is -0.0700. The minimum atomic E-state index is -0.353. The molecule has 1 unspecified atom stereocenters. The van der Waals surface area contributed by atoms with E-state index in [0.717, 1.165) is 45.8 Å². The number of nitrogens with two attached hydrogens (primary N) is 1. The lowest BCUT2D eigenvalue weighted by molar-refractivity contribution is -0.132. The first-order chi connectivity index (χ1) is 8.59. The van der Waals surface area contributed by atoms with E-state index in [9.17, 15) is 4.79 Å². The second kappa shape index (κ2) is 9.05. The Morgan fingerprint density at radius 2 is 1.80 bits per heavy atom. The highest BCUT2D eigenvalue weighted by Crippen LogP contribution is 2.18. The third-order valence-electron chi connectivity index (χ3n) is 4.04. The Bertz CT molecular complexity index is 299. The van der Waals surface area contributed by atoms with E-state index in [2.05, 4.69) is 4.90 Å². The summed E-state index contributed by atoms with van der Waals surface area (Å²) < 4.78 is 5.36. The molecule has 5 nitrogen and oxygen atoms in total. The molecular weight excluding hydrogens is 301 g/mol. The molecule has 2 N–H and O–H groups in total. The minimum Gasteiger partial charge on any atom is -0.379 e. The van der Waals surface area contributed by atoms with Gasteiger partial charge in [0.1, 0.15) is 0 Å². The molecule has 0 spiro atoms. The molecule has 2 saturated heterocycles. The van der Waals surface area contributed by atoms with Crippen LogP contribution in [0.25, 0.3) is 0 Å². The van der Waals surface area contributed by atoms with Gasteiger partial charge in [-0.2, -0.15) is 0 Å². The number of hydrogen-bond acceptors (Lipinski definition) is 4. The van der Waals surface area contributed by atoms with Gasteiger partial charge in [0.2, 0.25) is 5.91 Å². The highest BCUT2D eigenvalue weighted by molar-refractivity contribution is 5.85. The van der Waals surface area contributed by atoms with Crippen LogP contribution in [-0.4, -0.2) is 67.2 Å². The smallest absolute Gasteiger partial charge is 0.239 e. The van der Waals surface area contributed by atoms with Crippen LogP contribution in [-0.2, 0) is 9.53 Å². The quantitative estimate of drug-likeness (QED) is 0.830. The molecule has 2 rings (SSSR count). The average Bonchev–Trinajstić information content (AvgIpc) is 2.87. The van der Waals surface area contributed by atoms with Gasteiger partial charge >= 0.3 is 0 Å². The van der Waals surface area contributed by atoms with Gasteiger partial charge in [0.15, 0.2) is 0 Å². The first kappa shape index (κ1) is 19.9. The van der Waals surface area contributed by atoms with Crippen LogP contribution in [0.4, 0.5) is 0 Å². The lowest BCUT2D eigenvalue weighted by Crippen LogP contribution is -2.48. The van der Waals surface area contributed by atoms with Crippen molar-refractivity contribution in [3.8, 4) is 0 Å². The second-order valence-electron chi connectivity index (χ2n) is 5.64. The van der Waals surface area contributed by atoms with Crippen molar-refractivity contribution in [1.82, 2.24) is 9.80 Å². The molecule has 2 heterocycles. The van der Waals surface area contributed by atoms with E-state index in [4.69, 9.17) is 10.5 Å². The van der Waals surface area contributed by atoms with Crippen LogP contribution in [0.5, 0.6) is 0 Å². The monoisotopic (exact) mass is 327 g/mol. The van der Waals surface area contributed by atoms with Crippen LogP contribution in [0.1, 0.15) is 20.3 Å². The summed E-state index contributed by atoms with van der Waals surface area (Å²) in [5, 5.41) is 0. The molecule has 20 heavy (non-hydrogen) atoms. The fourth-order valence-corrected chi connectivity index (χ4v) is 2.68. The maximum atomic E-state index is 12.2.